The molecule has 0 atom stereocenters. The molecule has 0 aliphatic rings. The average molecular weight is 374 g/mol. The van der Waals surface area contributed by atoms with Gasteiger partial charge in [-0.3, -0.25) is 20.4 Å². The van der Waals surface area contributed by atoms with Crippen LogP contribution in [-0.4, -0.2) is 31.3 Å². The van der Waals surface area contributed by atoms with Gasteiger partial charge in [0.25, 0.3) is 11.8 Å². The van der Waals surface area contributed by atoms with Crippen molar-refractivity contribution in [2.45, 2.75) is 24.8 Å². The molecular formula is C19H22N2O4S. The standard InChI is InChI=1S/C19H22N2O4S/c1-12(2)25-15-10-9-13(11-16(15)24-3)18(22)20-21-19(23)14-7-5-6-8-17(14)26-4/h5-12H,1-4H3,(H,20,22)(H,21,23). The Labute approximate surface area is 157 Å². The molecule has 7 heteroatoms. The summed E-state index contributed by atoms with van der Waals surface area (Å²) in [5.74, 6) is 0.173. The van der Waals surface area contributed by atoms with Crippen LogP contribution in [0.2, 0.25) is 0 Å². The third kappa shape index (κ3) is 4.92. The maximum atomic E-state index is 12.3. The molecule has 2 N–H and O–H groups in total. The number of amides is 2. The third-order valence-corrected chi connectivity index (χ3v) is 4.23. The first kappa shape index (κ1) is 19.7. The predicted octanol–water partition coefficient (Wildman–Crippen LogP) is 3.28. The van der Waals surface area contributed by atoms with Crippen LogP contribution in [-0.2, 0) is 0 Å². The molecule has 0 bridgehead atoms. The molecule has 0 saturated heterocycles. The second kappa shape index (κ2) is 9.15. The van der Waals surface area contributed by atoms with Gasteiger partial charge in [0.1, 0.15) is 0 Å². The van der Waals surface area contributed by atoms with Gasteiger partial charge < -0.3 is 9.47 Å². The van der Waals surface area contributed by atoms with Crippen LogP contribution in [0.25, 0.3) is 0 Å². The lowest BCUT2D eigenvalue weighted by Gasteiger charge is -2.14. The molecule has 138 valence electrons. The van der Waals surface area contributed by atoms with E-state index in [4.69, 9.17) is 9.47 Å². The van der Waals surface area contributed by atoms with E-state index in [1.807, 2.05) is 32.2 Å². The molecular weight excluding hydrogens is 352 g/mol. The van der Waals surface area contributed by atoms with Crippen LogP contribution < -0.4 is 20.3 Å². The molecule has 0 aliphatic carbocycles. The number of hydrogen-bond donors (Lipinski definition) is 2. The van der Waals surface area contributed by atoms with E-state index in [2.05, 4.69) is 10.9 Å². The molecule has 0 spiro atoms. The fourth-order valence-corrected chi connectivity index (χ4v) is 2.84. The maximum Gasteiger partial charge on any atom is 0.270 e. The first-order valence-corrected chi connectivity index (χ1v) is 9.27. The molecule has 26 heavy (non-hydrogen) atoms. The number of methoxy groups -OCH3 is 1. The number of rotatable bonds is 6. The van der Waals surface area contributed by atoms with E-state index in [0.29, 0.717) is 22.6 Å². The van der Waals surface area contributed by atoms with E-state index in [0.717, 1.165) is 4.90 Å². The quantitative estimate of drug-likeness (QED) is 0.599. The number of carbonyl (C=O) groups is 2. The highest BCUT2D eigenvalue weighted by Crippen LogP contribution is 2.29. The normalized spacial score (nSPS) is 10.3. The zero-order valence-electron chi connectivity index (χ0n) is 15.2. The van der Waals surface area contributed by atoms with Crippen molar-refractivity contribution in [2.75, 3.05) is 13.4 Å². The van der Waals surface area contributed by atoms with Gasteiger partial charge in [0, 0.05) is 10.5 Å². The highest BCUT2D eigenvalue weighted by atomic mass is 32.2. The molecule has 0 heterocycles. The van der Waals surface area contributed by atoms with Crippen LogP contribution in [0.5, 0.6) is 11.5 Å². The Balaban J connectivity index is 2.06. The van der Waals surface area contributed by atoms with Crippen LogP contribution in [0.4, 0.5) is 0 Å². The summed E-state index contributed by atoms with van der Waals surface area (Å²) in [5.41, 5.74) is 5.69. The van der Waals surface area contributed by atoms with Crippen molar-refractivity contribution in [2.24, 2.45) is 0 Å². The Bertz CT molecular complexity index is 793. The molecule has 2 aromatic carbocycles. The highest BCUT2D eigenvalue weighted by molar-refractivity contribution is 7.98. The fourth-order valence-electron chi connectivity index (χ4n) is 2.25. The SMILES string of the molecule is COc1cc(C(=O)NNC(=O)c2ccccc2SC)ccc1OC(C)C. The maximum absolute atomic E-state index is 12.3. The van der Waals surface area contributed by atoms with Crippen molar-refractivity contribution in [3.63, 3.8) is 0 Å². The Morgan fingerprint density at radius 2 is 1.69 bits per heavy atom. The van der Waals surface area contributed by atoms with Gasteiger partial charge in [0.2, 0.25) is 0 Å². The summed E-state index contributed by atoms with van der Waals surface area (Å²) in [5, 5.41) is 0. The van der Waals surface area contributed by atoms with Crippen LogP contribution >= 0.6 is 11.8 Å². The van der Waals surface area contributed by atoms with Crippen molar-refractivity contribution in [3.05, 3.63) is 53.6 Å². The van der Waals surface area contributed by atoms with Crippen LogP contribution in [0.3, 0.4) is 0 Å². The minimum Gasteiger partial charge on any atom is -0.493 e. The second-order valence-corrected chi connectivity index (χ2v) is 6.49. The van der Waals surface area contributed by atoms with Crippen molar-refractivity contribution in [3.8, 4) is 11.5 Å². The second-order valence-electron chi connectivity index (χ2n) is 5.64. The summed E-state index contributed by atoms with van der Waals surface area (Å²) in [6, 6.07) is 12.0. The molecule has 6 nitrogen and oxygen atoms in total. The number of thioether (sulfide) groups is 1. The Morgan fingerprint density at radius 1 is 1.00 bits per heavy atom. The van der Waals surface area contributed by atoms with Gasteiger partial charge in [-0.2, -0.15) is 0 Å². The zero-order valence-corrected chi connectivity index (χ0v) is 16.0. The highest BCUT2D eigenvalue weighted by Gasteiger charge is 2.14. The summed E-state index contributed by atoms with van der Waals surface area (Å²) in [6.45, 7) is 3.81. The molecule has 0 aromatic heterocycles. The Morgan fingerprint density at radius 3 is 2.35 bits per heavy atom. The van der Waals surface area contributed by atoms with Gasteiger partial charge in [-0.05, 0) is 50.4 Å². The lowest BCUT2D eigenvalue weighted by Crippen LogP contribution is -2.41. The molecule has 2 rings (SSSR count). The van der Waals surface area contributed by atoms with Gasteiger partial charge in [-0.25, -0.2) is 0 Å². The topological polar surface area (TPSA) is 76.7 Å². The van der Waals surface area contributed by atoms with Crippen molar-refractivity contribution in [1.82, 2.24) is 10.9 Å². The van der Waals surface area contributed by atoms with E-state index >= 15 is 0 Å². The molecule has 0 aliphatic heterocycles. The summed E-state index contributed by atoms with van der Waals surface area (Å²) in [6.07, 6.45) is 1.87. The lowest BCUT2D eigenvalue weighted by molar-refractivity contribution is 0.0845. The number of carbonyl (C=O) groups excluding carboxylic acids is 2. The average Bonchev–Trinajstić information content (AvgIpc) is 2.65. The Kier molecular flexibility index (Phi) is 6.91. The largest absolute Gasteiger partial charge is 0.493 e. The first-order chi connectivity index (χ1) is 12.5. The summed E-state index contributed by atoms with van der Waals surface area (Å²) in [4.78, 5) is 25.4. The third-order valence-electron chi connectivity index (χ3n) is 3.43. The fraction of sp³-hybridized carbons (Fsp3) is 0.263. The van der Waals surface area contributed by atoms with E-state index in [1.165, 1.54) is 18.9 Å². The monoisotopic (exact) mass is 374 g/mol. The smallest absolute Gasteiger partial charge is 0.270 e. The van der Waals surface area contributed by atoms with Gasteiger partial charge in [-0.1, -0.05) is 12.1 Å². The number of benzene rings is 2. The van der Waals surface area contributed by atoms with E-state index in [9.17, 15) is 9.59 Å². The van der Waals surface area contributed by atoms with Crippen molar-refractivity contribution in [1.29, 1.82) is 0 Å². The van der Waals surface area contributed by atoms with Gasteiger partial charge >= 0.3 is 0 Å². The minimum atomic E-state index is -0.450. The van der Waals surface area contributed by atoms with E-state index in [-0.39, 0.29) is 12.0 Å². The summed E-state index contributed by atoms with van der Waals surface area (Å²) in [7, 11) is 1.51. The van der Waals surface area contributed by atoms with Gasteiger partial charge in [0.15, 0.2) is 11.5 Å². The Hall–Kier alpha value is -2.67. The number of hydrazine groups is 1. The molecule has 2 amide bonds. The van der Waals surface area contributed by atoms with Crippen molar-refractivity contribution < 1.29 is 19.1 Å². The van der Waals surface area contributed by atoms with Gasteiger partial charge in [-0.15, -0.1) is 11.8 Å². The minimum absolute atomic E-state index is 0.0145. The molecule has 0 unspecified atom stereocenters. The molecule has 0 radical (unpaired) electrons. The number of nitrogens with one attached hydrogen (secondary N) is 2. The van der Waals surface area contributed by atoms with E-state index in [1.54, 1.807) is 30.3 Å². The van der Waals surface area contributed by atoms with Crippen LogP contribution in [0.1, 0.15) is 34.6 Å². The summed E-state index contributed by atoms with van der Waals surface area (Å²) >= 11 is 1.46. The molecule has 2 aromatic rings. The van der Waals surface area contributed by atoms with Crippen LogP contribution in [0, 0.1) is 0 Å². The molecule has 0 fully saturated rings. The first-order valence-electron chi connectivity index (χ1n) is 8.04. The zero-order chi connectivity index (χ0) is 19.1. The molecule has 0 saturated carbocycles. The number of ether oxygens (including phenoxy) is 2. The van der Waals surface area contributed by atoms with Crippen LogP contribution in [0.15, 0.2) is 47.4 Å². The van der Waals surface area contributed by atoms with Gasteiger partial charge in [0.05, 0.1) is 18.8 Å². The van der Waals surface area contributed by atoms with E-state index < -0.39 is 5.91 Å². The lowest BCUT2D eigenvalue weighted by atomic mass is 10.2. The predicted molar refractivity (Wildman–Crippen MR) is 102 cm³/mol. The summed E-state index contributed by atoms with van der Waals surface area (Å²) < 4.78 is 10.9. The number of hydrogen-bond acceptors (Lipinski definition) is 5. The van der Waals surface area contributed by atoms with Crippen molar-refractivity contribution >= 4 is 23.6 Å².